The summed E-state index contributed by atoms with van der Waals surface area (Å²) >= 11 is 13.5. The van der Waals surface area contributed by atoms with Crippen molar-refractivity contribution in [2.45, 2.75) is 39.5 Å². The maximum absolute atomic E-state index is 12.9. The number of hydrogen-bond acceptors (Lipinski definition) is 10. The number of carboxylic acid groups (broad SMARTS) is 2. The normalized spacial score (nSPS) is 10.2. The minimum Gasteiger partial charge on any atom is -1.00 e. The first-order valence-electron chi connectivity index (χ1n) is 19.5. The Balaban J connectivity index is -0.000000257. The third-order valence-electron chi connectivity index (χ3n) is 7.79. The summed E-state index contributed by atoms with van der Waals surface area (Å²) in [6.07, 6.45) is 2.03. The van der Waals surface area contributed by atoms with E-state index in [9.17, 15) is 49.1 Å². The summed E-state index contributed by atoms with van der Waals surface area (Å²) in [5, 5.41) is 34.8. The van der Waals surface area contributed by atoms with Crippen LogP contribution in [0.4, 0.5) is 32.0 Å². The molecule has 0 saturated carbocycles. The topological polar surface area (TPSA) is 202 Å². The molecule has 0 aliphatic carbocycles. The molecule has 6 N–H and O–H groups in total. The molecule has 0 spiro atoms. The van der Waals surface area contributed by atoms with E-state index in [1.807, 2.05) is 67.8 Å². The summed E-state index contributed by atoms with van der Waals surface area (Å²) in [5.74, 6) is -4.84. The van der Waals surface area contributed by atoms with E-state index in [0.717, 1.165) is 38.7 Å². The van der Waals surface area contributed by atoms with Crippen molar-refractivity contribution in [2.75, 3.05) is 18.2 Å². The number of aliphatic hydroxyl groups is 2. The van der Waals surface area contributed by atoms with Gasteiger partial charge in [-0.05, 0) is 259 Å². The van der Waals surface area contributed by atoms with Crippen LogP contribution in [-0.2, 0) is 20.9 Å². The van der Waals surface area contributed by atoms with E-state index in [1.165, 1.54) is 73.6 Å². The number of anilines is 1. The van der Waals surface area contributed by atoms with E-state index in [2.05, 4.69) is 65.7 Å². The van der Waals surface area contributed by atoms with Gasteiger partial charge in [0.1, 0.15) is 41.0 Å². The zero-order valence-electron chi connectivity index (χ0n) is 40.3. The van der Waals surface area contributed by atoms with E-state index in [0.29, 0.717) is 32.1 Å². The van der Waals surface area contributed by atoms with Crippen molar-refractivity contribution < 1.29 is 90.7 Å². The smallest absolute Gasteiger partial charge is 1.00 e. The molecule has 0 fully saturated rings. The molecule has 0 saturated heterocycles. The molecule has 0 aliphatic rings. The number of nitrogen functional groups attached to an aromatic ring is 1. The van der Waals surface area contributed by atoms with Crippen molar-refractivity contribution in [1.29, 1.82) is 0 Å². The van der Waals surface area contributed by atoms with Gasteiger partial charge >= 0.3 is 35.0 Å². The minimum atomic E-state index is -3.53. The fourth-order valence-corrected chi connectivity index (χ4v) is 8.34. The number of carboxylic acids is 2. The molecule has 6 aromatic carbocycles. The van der Waals surface area contributed by atoms with Crippen LogP contribution in [0.2, 0.25) is 6.82 Å². The average Bonchev–Trinajstić information content (AvgIpc) is 3.32. The third-order valence-corrected chi connectivity index (χ3v) is 13.4. The summed E-state index contributed by atoms with van der Waals surface area (Å²) < 4.78 is 106. The molecule has 2 atom stereocenters. The van der Waals surface area contributed by atoms with Gasteiger partial charge < -0.3 is 50.6 Å². The van der Waals surface area contributed by atoms with Crippen LogP contribution in [0.25, 0.3) is 0 Å². The van der Waals surface area contributed by atoms with Crippen LogP contribution < -0.4 is 22.7 Å². The van der Waals surface area contributed by atoms with Crippen LogP contribution >= 0.6 is 126 Å². The second-order valence-corrected chi connectivity index (χ2v) is 20.5. The fourth-order valence-electron chi connectivity index (χ4n) is 4.62. The standard InChI is InChI=1S/C9H10FIO3S.C8H8FIO.C7H4FIO2.C7H6FIO.C7H4FIO.C7H6FNO2.CH3B.CH4S.CH3.BrH.Mg/c1-6(14-15(2,12)13)8-5-7(10)3-4-9(8)11;1-5(11)7-4-6(9)2-3-8(7)10;8-4-1-2-6(9)5(3-4)7(10)11;2*8-6-1-2-7(9)5(3-6)4-10;8-4-1-2-6(9)5(3-4)7(10)11;2*1-2;;;/h3-6H,1-2H3;2-5,11H,1H3;1-3H,(H,10,11);1-3,10H,4H2;1-4H;1-3H,9H2,(H,10,11);1H3;2H,1H3;1H3;1H;/q;;;;;;;;-1;;+2/p-1. The molecule has 0 bridgehead atoms. The second kappa shape index (κ2) is 44.2. The molecule has 6 rings (SSSR count). The molecular weight excluding hydrogens is 1680 g/mol. The first-order chi connectivity index (χ1) is 33.6. The van der Waals surface area contributed by atoms with Gasteiger partial charge in [-0.2, -0.15) is 21.0 Å². The number of thiol groups is 1. The molecule has 406 valence electrons. The van der Waals surface area contributed by atoms with Crippen molar-refractivity contribution in [3.05, 3.63) is 203 Å². The molecule has 2 unspecified atom stereocenters. The fraction of sp³-hybridized carbons (Fsp3) is 0.167. The zero-order valence-corrected chi connectivity index (χ0v) is 55.8. The molecule has 6 aromatic rings. The van der Waals surface area contributed by atoms with Gasteiger partial charge in [-0.1, -0.05) is 6.82 Å². The summed E-state index contributed by atoms with van der Waals surface area (Å²) in [4.78, 5) is 30.9. The monoisotopic (exact) mass is 1720 g/mol. The molecule has 2 radical (unpaired) electrons. The van der Waals surface area contributed by atoms with Crippen molar-refractivity contribution in [1.82, 2.24) is 0 Å². The molecular formula is C48H48BBrF6I5MgNO10S2. The summed E-state index contributed by atoms with van der Waals surface area (Å²) in [5.41, 5.74) is 7.33. The number of aliphatic hydroxyl groups excluding tert-OH is 2. The van der Waals surface area contributed by atoms with Crippen LogP contribution in [0.3, 0.4) is 0 Å². The average molecular weight is 1730 g/mol. The van der Waals surface area contributed by atoms with Crippen LogP contribution in [0, 0.1) is 60.2 Å². The van der Waals surface area contributed by atoms with Crippen LogP contribution in [0.15, 0.2) is 109 Å². The van der Waals surface area contributed by atoms with Gasteiger partial charge in [0.15, 0.2) is 6.29 Å². The van der Waals surface area contributed by atoms with E-state index in [-0.39, 0.29) is 88.3 Å². The molecule has 0 amide bonds. The number of benzene rings is 6. The Morgan fingerprint density at radius 1 is 0.640 bits per heavy atom. The van der Waals surface area contributed by atoms with Gasteiger partial charge in [0.25, 0.3) is 10.1 Å². The number of nitrogens with two attached hydrogens (primary N) is 1. The Bertz CT molecular complexity index is 2740. The number of rotatable bonds is 8. The third kappa shape index (κ3) is 34.9. The summed E-state index contributed by atoms with van der Waals surface area (Å²) in [6, 6.07) is 23.9. The van der Waals surface area contributed by atoms with Gasteiger partial charge in [-0.3, -0.25) is 8.98 Å². The van der Waals surface area contributed by atoms with Crippen molar-refractivity contribution in [3.8, 4) is 0 Å². The molecule has 27 heteroatoms. The number of carbonyl (C=O) groups is 3. The van der Waals surface area contributed by atoms with Crippen LogP contribution in [-0.4, -0.2) is 90.5 Å². The SMILES string of the molecule is CC(O)c1cc(F)ccc1I.CC(OS(C)(=O)=O)c1cc(F)ccc1I.CS.Nc1ccc(F)cc1C(=O)O.O=C(O)c1cc(F)ccc1I.O=Cc1cc(F)ccc1I.OCc1cc(F)ccc1I.[B]C.[Br-].[CH3-].[Mg+2]. The van der Waals surface area contributed by atoms with Gasteiger partial charge in [0.2, 0.25) is 0 Å². The predicted octanol–water partition coefficient (Wildman–Crippen LogP) is 10.2. The number of halogens is 12. The molecule has 0 heterocycles. The Morgan fingerprint density at radius 2 is 0.987 bits per heavy atom. The maximum Gasteiger partial charge on any atom is 2.00 e. The molecule has 11 nitrogen and oxygen atoms in total. The van der Waals surface area contributed by atoms with Crippen molar-refractivity contribution in [3.63, 3.8) is 0 Å². The van der Waals surface area contributed by atoms with Gasteiger partial charge in [0.05, 0.1) is 37.9 Å². The van der Waals surface area contributed by atoms with Crippen molar-refractivity contribution in [2.24, 2.45) is 0 Å². The van der Waals surface area contributed by atoms with E-state index in [1.54, 1.807) is 44.4 Å². The van der Waals surface area contributed by atoms with Crippen LogP contribution in [0.5, 0.6) is 0 Å². The van der Waals surface area contributed by atoms with Gasteiger partial charge in [-0.15, -0.1) is 0 Å². The number of aldehydes is 1. The van der Waals surface area contributed by atoms with Crippen LogP contribution in [0.1, 0.15) is 73.8 Å². The van der Waals surface area contributed by atoms with Gasteiger partial charge in [0, 0.05) is 29.1 Å². The minimum absolute atomic E-state index is 0. The van der Waals surface area contributed by atoms with Crippen molar-refractivity contribution >= 4 is 191 Å². The van der Waals surface area contributed by atoms with E-state index < -0.39 is 51.7 Å². The number of aromatic carboxylic acids is 2. The summed E-state index contributed by atoms with van der Waals surface area (Å²) in [6.45, 7) is 4.59. The first kappa shape index (κ1) is 82.3. The number of hydrogen-bond donors (Lipinski definition) is 6. The Kier molecular flexibility index (Phi) is 48.5. The quantitative estimate of drug-likeness (QED) is 0.0124. The van der Waals surface area contributed by atoms with Gasteiger partial charge in [-0.25, -0.2) is 35.9 Å². The first-order valence-corrected chi connectivity index (χ1v) is 27.6. The molecule has 0 aliphatic heterocycles. The molecule has 75 heavy (non-hydrogen) atoms. The Hall–Kier alpha value is -1.55. The largest absolute Gasteiger partial charge is 2.00 e. The van der Waals surface area contributed by atoms with E-state index in [4.69, 9.17) is 30.3 Å². The Labute approximate surface area is 534 Å². The predicted molar refractivity (Wildman–Crippen MR) is 325 cm³/mol. The Morgan fingerprint density at radius 3 is 1.33 bits per heavy atom. The summed E-state index contributed by atoms with van der Waals surface area (Å²) in [7, 11) is 0.973. The second-order valence-electron chi connectivity index (χ2n) is 13.1. The molecule has 0 aromatic heterocycles. The number of carbonyl (C=O) groups excluding carboxylic acids is 1. The van der Waals surface area contributed by atoms with E-state index >= 15 is 0 Å². The maximum atomic E-state index is 12.9. The zero-order chi connectivity index (χ0) is 56.1.